The molecule has 0 aliphatic heterocycles. The summed E-state index contributed by atoms with van der Waals surface area (Å²) in [6.45, 7) is 4.13. The number of hydrogen-bond acceptors (Lipinski definition) is 5. The van der Waals surface area contributed by atoms with Crippen molar-refractivity contribution >= 4 is 50.8 Å². The lowest BCUT2D eigenvalue weighted by atomic mass is 10.2. The monoisotopic (exact) mass is 382 g/mol. The molecule has 2 rings (SSSR count). The minimum atomic E-state index is -0.675. The molecule has 1 aromatic carbocycles. The minimum absolute atomic E-state index is 0.266. The van der Waals surface area contributed by atoms with Crippen LogP contribution >= 0.6 is 22.9 Å². The Kier molecular flexibility index (Phi) is 6.78. The summed E-state index contributed by atoms with van der Waals surface area (Å²) >= 11 is 7.47. The molecule has 8 heteroatoms. The molecule has 0 spiro atoms. The number of likely N-dealkylation sites (N-methyl/N-ethyl adjacent to an activating group) is 1. The zero-order valence-electron chi connectivity index (χ0n) is 14.0. The minimum Gasteiger partial charge on any atom is -0.454 e. The number of amides is 2. The van der Waals surface area contributed by atoms with E-state index in [0.717, 1.165) is 10.1 Å². The van der Waals surface area contributed by atoms with Crippen LogP contribution in [-0.2, 0) is 14.3 Å². The van der Waals surface area contributed by atoms with Crippen LogP contribution in [0.3, 0.4) is 0 Å². The Morgan fingerprint density at radius 2 is 1.88 bits per heavy atom. The lowest BCUT2D eigenvalue weighted by Gasteiger charge is -2.18. The van der Waals surface area contributed by atoms with Crippen molar-refractivity contribution in [2.45, 2.75) is 13.8 Å². The van der Waals surface area contributed by atoms with Gasteiger partial charge in [0.05, 0.1) is 5.02 Å². The number of carbonyl (C=O) groups is 3. The van der Waals surface area contributed by atoms with E-state index >= 15 is 0 Å². The number of benzene rings is 1. The van der Waals surface area contributed by atoms with Crippen LogP contribution in [0.2, 0.25) is 5.02 Å². The van der Waals surface area contributed by atoms with Crippen LogP contribution in [-0.4, -0.2) is 48.9 Å². The summed E-state index contributed by atoms with van der Waals surface area (Å²) in [5.41, 5.74) is 0. The molecular weight excluding hydrogens is 364 g/mol. The highest BCUT2D eigenvalue weighted by Gasteiger charge is 2.18. The predicted octanol–water partition coefficient (Wildman–Crippen LogP) is 2.70. The van der Waals surface area contributed by atoms with Crippen LogP contribution in [0.1, 0.15) is 23.5 Å². The van der Waals surface area contributed by atoms with Gasteiger partial charge in [0.2, 0.25) is 0 Å². The zero-order chi connectivity index (χ0) is 18.4. The number of rotatable bonds is 7. The Morgan fingerprint density at radius 1 is 1.20 bits per heavy atom. The molecule has 2 aromatic rings. The van der Waals surface area contributed by atoms with Crippen LogP contribution in [0.25, 0.3) is 10.1 Å². The Balaban J connectivity index is 1.87. The van der Waals surface area contributed by atoms with Crippen molar-refractivity contribution in [3.8, 4) is 0 Å². The molecule has 6 nitrogen and oxygen atoms in total. The summed E-state index contributed by atoms with van der Waals surface area (Å²) in [6.07, 6.45) is 0. The number of esters is 1. The van der Waals surface area contributed by atoms with Gasteiger partial charge in [0.25, 0.3) is 11.8 Å². The van der Waals surface area contributed by atoms with Gasteiger partial charge in [-0.15, -0.1) is 11.3 Å². The van der Waals surface area contributed by atoms with Crippen LogP contribution in [0.5, 0.6) is 0 Å². The van der Waals surface area contributed by atoms with Crippen molar-refractivity contribution in [1.29, 1.82) is 0 Å². The third-order valence-electron chi connectivity index (χ3n) is 3.61. The van der Waals surface area contributed by atoms with Gasteiger partial charge in [-0.2, -0.15) is 0 Å². The predicted molar refractivity (Wildman–Crippen MR) is 98.1 cm³/mol. The summed E-state index contributed by atoms with van der Waals surface area (Å²) in [5, 5.41) is 3.63. The van der Waals surface area contributed by atoms with E-state index in [9.17, 15) is 14.4 Å². The second-order valence-electron chi connectivity index (χ2n) is 5.15. The summed E-state index contributed by atoms with van der Waals surface area (Å²) < 4.78 is 5.78. The Morgan fingerprint density at radius 3 is 2.52 bits per heavy atom. The number of nitrogens with one attached hydrogen (secondary N) is 1. The first-order valence-corrected chi connectivity index (χ1v) is 9.06. The van der Waals surface area contributed by atoms with Crippen molar-refractivity contribution in [3.05, 3.63) is 34.2 Å². The first kappa shape index (κ1) is 19.2. The van der Waals surface area contributed by atoms with Crippen molar-refractivity contribution in [2.24, 2.45) is 0 Å². The molecule has 0 unspecified atom stereocenters. The zero-order valence-corrected chi connectivity index (χ0v) is 15.6. The topological polar surface area (TPSA) is 75.7 Å². The third-order valence-corrected chi connectivity index (χ3v) is 5.28. The van der Waals surface area contributed by atoms with E-state index in [0.29, 0.717) is 23.0 Å². The fourth-order valence-electron chi connectivity index (χ4n) is 2.25. The van der Waals surface area contributed by atoms with Gasteiger partial charge < -0.3 is 15.0 Å². The maximum absolute atomic E-state index is 12.2. The van der Waals surface area contributed by atoms with E-state index < -0.39 is 11.9 Å². The highest BCUT2D eigenvalue weighted by atomic mass is 35.5. The maximum atomic E-state index is 12.2. The van der Waals surface area contributed by atoms with Crippen molar-refractivity contribution in [2.75, 3.05) is 26.2 Å². The van der Waals surface area contributed by atoms with E-state index in [1.807, 2.05) is 38.1 Å². The summed E-state index contributed by atoms with van der Waals surface area (Å²) in [6, 6.07) is 7.40. The van der Waals surface area contributed by atoms with Gasteiger partial charge in [0, 0.05) is 23.2 Å². The maximum Gasteiger partial charge on any atom is 0.325 e. The van der Waals surface area contributed by atoms with Crippen LogP contribution in [0.15, 0.2) is 24.3 Å². The highest BCUT2D eigenvalue weighted by molar-refractivity contribution is 7.21. The number of hydrogen-bond donors (Lipinski definition) is 1. The number of carbonyl (C=O) groups excluding carboxylic acids is 3. The molecule has 0 fully saturated rings. The number of ether oxygens (including phenoxy) is 1. The average molecular weight is 383 g/mol. The molecule has 0 aliphatic rings. The molecular formula is C17H19ClN2O4S. The smallest absolute Gasteiger partial charge is 0.325 e. The fraction of sp³-hybridized carbons (Fsp3) is 0.353. The molecule has 134 valence electrons. The standard InChI is InChI=1S/C17H19ClN2O4S/c1-3-20(4-2)13(21)10-24-14(22)9-19-17(23)16-15(18)11-7-5-6-8-12(11)25-16/h5-8H,3-4,9-10H2,1-2H3,(H,19,23). The van der Waals surface area contributed by atoms with E-state index in [1.165, 1.54) is 11.3 Å². The van der Waals surface area contributed by atoms with E-state index in [2.05, 4.69) is 5.32 Å². The molecule has 1 N–H and O–H groups in total. The molecule has 1 heterocycles. The largest absolute Gasteiger partial charge is 0.454 e. The Bertz CT molecular complexity index is 786. The van der Waals surface area contributed by atoms with E-state index in [1.54, 1.807) is 4.90 Å². The van der Waals surface area contributed by atoms with E-state index in [4.69, 9.17) is 16.3 Å². The summed E-state index contributed by atoms with van der Waals surface area (Å²) in [7, 11) is 0. The molecule has 0 radical (unpaired) electrons. The highest BCUT2D eigenvalue weighted by Crippen LogP contribution is 2.34. The van der Waals surface area contributed by atoms with Crippen LogP contribution < -0.4 is 5.32 Å². The molecule has 1 aromatic heterocycles. The second-order valence-corrected chi connectivity index (χ2v) is 6.58. The molecule has 0 atom stereocenters. The summed E-state index contributed by atoms with van der Waals surface area (Å²) in [5.74, 6) is -1.39. The van der Waals surface area contributed by atoms with Gasteiger partial charge in [0.15, 0.2) is 6.61 Å². The normalized spacial score (nSPS) is 10.5. The quantitative estimate of drug-likeness (QED) is 0.747. The molecule has 0 saturated heterocycles. The lowest BCUT2D eigenvalue weighted by molar-refractivity contribution is -0.151. The summed E-state index contributed by atoms with van der Waals surface area (Å²) in [4.78, 5) is 37.6. The number of thiophene rings is 1. The molecule has 0 bridgehead atoms. The van der Waals surface area contributed by atoms with E-state index in [-0.39, 0.29) is 19.1 Å². The van der Waals surface area contributed by atoms with Gasteiger partial charge in [-0.25, -0.2) is 0 Å². The van der Waals surface area contributed by atoms with Crippen molar-refractivity contribution < 1.29 is 19.1 Å². The lowest BCUT2D eigenvalue weighted by Crippen LogP contribution is -2.36. The molecule has 0 saturated carbocycles. The average Bonchev–Trinajstić information content (AvgIpc) is 2.96. The molecule has 25 heavy (non-hydrogen) atoms. The third kappa shape index (κ3) is 4.70. The number of nitrogens with zero attached hydrogens (tertiary/aromatic N) is 1. The first-order valence-electron chi connectivity index (χ1n) is 7.86. The number of fused-ring (bicyclic) bond motifs is 1. The number of halogens is 1. The van der Waals surface area contributed by atoms with Crippen LogP contribution in [0.4, 0.5) is 0 Å². The first-order chi connectivity index (χ1) is 12.0. The van der Waals surface area contributed by atoms with Crippen molar-refractivity contribution in [3.63, 3.8) is 0 Å². The van der Waals surface area contributed by atoms with Gasteiger partial charge in [-0.05, 0) is 19.9 Å². The van der Waals surface area contributed by atoms with Gasteiger partial charge in [0.1, 0.15) is 11.4 Å². The van der Waals surface area contributed by atoms with Gasteiger partial charge in [-0.1, -0.05) is 29.8 Å². The van der Waals surface area contributed by atoms with Gasteiger partial charge in [-0.3, -0.25) is 14.4 Å². The fourth-order valence-corrected chi connectivity index (χ4v) is 3.69. The van der Waals surface area contributed by atoms with Gasteiger partial charge >= 0.3 is 5.97 Å². The molecule has 2 amide bonds. The second kappa shape index (κ2) is 8.82. The SMILES string of the molecule is CCN(CC)C(=O)COC(=O)CNC(=O)c1sc2ccccc2c1Cl. The Labute approximate surface area is 154 Å². The Hall–Kier alpha value is -2.12. The molecule has 0 aliphatic carbocycles. The van der Waals surface area contributed by atoms with Crippen molar-refractivity contribution in [1.82, 2.24) is 10.2 Å². The van der Waals surface area contributed by atoms with Crippen LogP contribution in [0, 0.1) is 0 Å².